The highest BCUT2D eigenvalue weighted by atomic mass is 16.7. The third-order valence-corrected chi connectivity index (χ3v) is 3.38. The van der Waals surface area contributed by atoms with E-state index in [0.29, 0.717) is 0 Å². The monoisotopic (exact) mass is 204 g/mol. The van der Waals surface area contributed by atoms with Gasteiger partial charge in [-0.1, -0.05) is 18.6 Å². The van der Waals surface area contributed by atoms with E-state index in [1.807, 2.05) is 12.1 Å². The molecule has 2 nitrogen and oxygen atoms in total. The quantitative estimate of drug-likeness (QED) is 0.644. The molecule has 80 valence electrons. The Kier molecular flexibility index (Phi) is 1.91. The molecule has 0 saturated heterocycles. The van der Waals surface area contributed by atoms with E-state index in [4.69, 9.17) is 9.47 Å². The second kappa shape index (κ2) is 3.16. The van der Waals surface area contributed by atoms with Crippen LogP contribution in [0.2, 0.25) is 0 Å². The van der Waals surface area contributed by atoms with E-state index in [1.165, 1.54) is 24.8 Å². The molecule has 1 saturated carbocycles. The predicted molar refractivity (Wildman–Crippen MR) is 58.3 cm³/mol. The molecule has 1 aromatic rings. The fraction of sp³-hybridized carbons (Fsp3) is 0.538. The first-order chi connectivity index (χ1) is 7.29. The molecule has 1 aromatic carbocycles. The van der Waals surface area contributed by atoms with Crippen molar-refractivity contribution in [3.63, 3.8) is 0 Å². The van der Waals surface area contributed by atoms with Gasteiger partial charge in [0, 0.05) is 12.8 Å². The van der Waals surface area contributed by atoms with Crippen molar-refractivity contribution in [3.8, 4) is 11.5 Å². The highest BCUT2D eigenvalue weighted by Crippen LogP contribution is 2.46. The summed E-state index contributed by atoms with van der Waals surface area (Å²) in [6.07, 6.45) is 5.80. The van der Waals surface area contributed by atoms with Crippen LogP contribution in [-0.2, 0) is 0 Å². The lowest BCUT2D eigenvalue weighted by molar-refractivity contribution is -0.105. The third-order valence-electron chi connectivity index (χ3n) is 3.38. The van der Waals surface area contributed by atoms with Crippen molar-refractivity contribution in [2.45, 2.75) is 44.8 Å². The van der Waals surface area contributed by atoms with Gasteiger partial charge in [-0.05, 0) is 31.4 Å². The van der Waals surface area contributed by atoms with Crippen LogP contribution in [0.1, 0.15) is 37.7 Å². The van der Waals surface area contributed by atoms with Crippen molar-refractivity contribution < 1.29 is 9.47 Å². The number of rotatable bonds is 0. The average molecular weight is 204 g/mol. The van der Waals surface area contributed by atoms with E-state index in [0.717, 1.165) is 24.3 Å². The van der Waals surface area contributed by atoms with Gasteiger partial charge in [0.1, 0.15) is 0 Å². The van der Waals surface area contributed by atoms with Crippen LogP contribution in [0.4, 0.5) is 0 Å². The maximum Gasteiger partial charge on any atom is 0.251 e. The van der Waals surface area contributed by atoms with Gasteiger partial charge < -0.3 is 9.47 Å². The van der Waals surface area contributed by atoms with Gasteiger partial charge in [-0.2, -0.15) is 0 Å². The molecule has 1 aliphatic carbocycles. The number of ether oxygens (including phenoxy) is 2. The van der Waals surface area contributed by atoms with Crippen molar-refractivity contribution in [2.75, 3.05) is 0 Å². The lowest BCUT2D eigenvalue weighted by atomic mass is 9.94. The van der Waals surface area contributed by atoms with Crippen LogP contribution in [0.3, 0.4) is 0 Å². The summed E-state index contributed by atoms with van der Waals surface area (Å²) in [6, 6.07) is 6.11. The van der Waals surface area contributed by atoms with E-state index < -0.39 is 0 Å². The Hall–Kier alpha value is -1.18. The molecule has 1 spiro atoms. The predicted octanol–water partition coefficient (Wildman–Crippen LogP) is 3.43. The van der Waals surface area contributed by atoms with Gasteiger partial charge in [-0.3, -0.25) is 0 Å². The summed E-state index contributed by atoms with van der Waals surface area (Å²) < 4.78 is 12.0. The molecule has 1 heterocycles. The second-order valence-corrected chi connectivity index (χ2v) is 4.58. The first-order valence-electron chi connectivity index (χ1n) is 5.77. The molecule has 2 heteroatoms. The van der Waals surface area contributed by atoms with E-state index in [-0.39, 0.29) is 5.79 Å². The summed E-state index contributed by atoms with van der Waals surface area (Å²) in [4.78, 5) is 0. The lowest BCUT2D eigenvalue weighted by Gasteiger charge is -2.31. The van der Waals surface area contributed by atoms with Crippen molar-refractivity contribution in [1.29, 1.82) is 0 Å². The molecule has 0 amide bonds. The summed E-state index contributed by atoms with van der Waals surface area (Å²) in [6.45, 7) is 2.07. The maximum absolute atomic E-state index is 6.04. The Morgan fingerprint density at radius 2 is 1.87 bits per heavy atom. The minimum atomic E-state index is -0.327. The molecule has 2 aliphatic rings. The number of para-hydroxylation sites is 1. The van der Waals surface area contributed by atoms with Crippen LogP contribution in [0.5, 0.6) is 11.5 Å². The smallest absolute Gasteiger partial charge is 0.251 e. The Balaban J connectivity index is 1.94. The van der Waals surface area contributed by atoms with Crippen LogP contribution >= 0.6 is 0 Å². The number of benzene rings is 1. The second-order valence-electron chi connectivity index (χ2n) is 4.58. The van der Waals surface area contributed by atoms with Crippen LogP contribution in [-0.4, -0.2) is 5.79 Å². The average Bonchev–Trinajstić information content (AvgIpc) is 2.59. The van der Waals surface area contributed by atoms with Gasteiger partial charge in [0.2, 0.25) is 0 Å². The zero-order chi connectivity index (χ0) is 10.3. The Morgan fingerprint density at radius 1 is 1.07 bits per heavy atom. The molecule has 0 aromatic heterocycles. The summed E-state index contributed by atoms with van der Waals surface area (Å²) in [5.74, 6) is 1.56. The van der Waals surface area contributed by atoms with Crippen LogP contribution in [0.15, 0.2) is 18.2 Å². The lowest BCUT2D eigenvalue weighted by Crippen LogP contribution is -2.40. The highest BCUT2D eigenvalue weighted by molar-refractivity contribution is 5.48. The van der Waals surface area contributed by atoms with E-state index in [9.17, 15) is 0 Å². The Labute approximate surface area is 90.2 Å². The third kappa shape index (κ3) is 1.39. The number of aryl methyl sites for hydroxylation is 1. The molecule has 15 heavy (non-hydrogen) atoms. The molecule has 0 N–H and O–H groups in total. The summed E-state index contributed by atoms with van der Waals surface area (Å²) in [5, 5.41) is 0. The fourth-order valence-corrected chi connectivity index (χ4v) is 2.54. The van der Waals surface area contributed by atoms with Crippen molar-refractivity contribution >= 4 is 0 Å². The number of fused-ring (bicyclic) bond motifs is 1. The minimum absolute atomic E-state index is 0.327. The number of hydrogen-bond donors (Lipinski definition) is 0. The van der Waals surface area contributed by atoms with Crippen LogP contribution in [0.25, 0.3) is 0 Å². The zero-order valence-electron chi connectivity index (χ0n) is 9.08. The Morgan fingerprint density at radius 3 is 2.60 bits per heavy atom. The normalized spacial score (nSPS) is 21.9. The van der Waals surface area contributed by atoms with Crippen LogP contribution in [0, 0.1) is 6.92 Å². The van der Waals surface area contributed by atoms with Gasteiger partial charge in [-0.15, -0.1) is 0 Å². The van der Waals surface area contributed by atoms with E-state index >= 15 is 0 Å². The molecule has 3 rings (SSSR count). The van der Waals surface area contributed by atoms with E-state index in [1.54, 1.807) is 0 Å². The molecule has 1 fully saturated rings. The van der Waals surface area contributed by atoms with Gasteiger partial charge in [0.15, 0.2) is 11.5 Å². The zero-order valence-corrected chi connectivity index (χ0v) is 9.08. The van der Waals surface area contributed by atoms with Crippen molar-refractivity contribution in [1.82, 2.24) is 0 Å². The molecular weight excluding hydrogens is 188 g/mol. The molecule has 0 bridgehead atoms. The van der Waals surface area contributed by atoms with Gasteiger partial charge >= 0.3 is 0 Å². The SMILES string of the molecule is Cc1cccc2c1OC1(CCCCC1)O2. The largest absolute Gasteiger partial charge is 0.448 e. The van der Waals surface area contributed by atoms with Gasteiger partial charge in [-0.25, -0.2) is 0 Å². The maximum atomic E-state index is 6.04. The summed E-state index contributed by atoms with van der Waals surface area (Å²) in [5.41, 5.74) is 1.18. The summed E-state index contributed by atoms with van der Waals surface area (Å²) >= 11 is 0. The van der Waals surface area contributed by atoms with Gasteiger partial charge in [0.05, 0.1) is 0 Å². The Bertz CT molecular complexity index is 378. The molecule has 0 unspecified atom stereocenters. The topological polar surface area (TPSA) is 18.5 Å². The van der Waals surface area contributed by atoms with Crippen molar-refractivity contribution in [3.05, 3.63) is 23.8 Å². The molecular formula is C13H16O2. The number of hydrogen-bond acceptors (Lipinski definition) is 2. The van der Waals surface area contributed by atoms with Gasteiger partial charge in [0.25, 0.3) is 5.79 Å². The minimum Gasteiger partial charge on any atom is -0.448 e. The van der Waals surface area contributed by atoms with Crippen molar-refractivity contribution in [2.24, 2.45) is 0 Å². The fourth-order valence-electron chi connectivity index (χ4n) is 2.54. The molecule has 0 radical (unpaired) electrons. The highest BCUT2D eigenvalue weighted by Gasteiger charge is 2.42. The first-order valence-corrected chi connectivity index (χ1v) is 5.77. The molecule has 0 atom stereocenters. The van der Waals surface area contributed by atoms with Crippen LogP contribution < -0.4 is 9.47 Å². The van der Waals surface area contributed by atoms with E-state index in [2.05, 4.69) is 13.0 Å². The summed E-state index contributed by atoms with van der Waals surface area (Å²) in [7, 11) is 0. The molecule has 1 aliphatic heterocycles. The first kappa shape index (κ1) is 9.08. The standard InChI is InChI=1S/C13H16O2/c1-10-6-5-7-11-12(10)15-13(14-11)8-3-2-4-9-13/h5-7H,2-4,8-9H2,1H3.